The van der Waals surface area contributed by atoms with Crippen molar-refractivity contribution in [3.8, 4) is 0 Å². The van der Waals surface area contributed by atoms with Crippen LogP contribution in [0.25, 0.3) is 0 Å². The summed E-state index contributed by atoms with van der Waals surface area (Å²) in [4.78, 5) is 35.7. The summed E-state index contributed by atoms with van der Waals surface area (Å²) in [5.74, 6) is 2.10. The number of carbonyl (C=O) groups is 2. The number of likely N-dealkylation sites (tertiary alicyclic amines) is 2. The van der Waals surface area contributed by atoms with E-state index in [2.05, 4.69) is 50.8 Å². The maximum absolute atomic E-state index is 13.8. The van der Waals surface area contributed by atoms with Crippen LogP contribution in [-0.4, -0.2) is 98.1 Å². The molecule has 0 radical (unpaired) electrons. The number of carbonyl (C=O) groups excluding carboxylic acids is 2. The van der Waals surface area contributed by atoms with Gasteiger partial charge in [0.15, 0.2) is 11.6 Å². The van der Waals surface area contributed by atoms with E-state index in [0.717, 1.165) is 12.1 Å². The van der Waals surface area contributed by atoms with Gasteiger partial charge in [0.1, 0.15) is 12.6 Å². The number of rotatable bonds is 8. The molecule has 4 aromatic rings. The van der Waals surface area contributed by atoms with Gasteiger partial charge in [0, 0.05) is 55.8 Å². The van der Waals surface area contributed by atoms with Gasteiger partial charge in [-0.05, 0) is 48.1 Å². The van der Waals surface area contributed by atoms with Gasteiger partial charge in [0.25, 0.3) is 11.8 Å². The summed E-state index contributed by atoms with van der Waals surface area (Å²) < 4.78 is 9.36. The summed E-state index contributed by atoms with van der Waals surface area (Å²) in [5, 5.41) is 27.4. The van der Waals surface area contributed by atoms with Crippen LogP contribution < -0.4 is 0 Å². The second-order valence-electron chi connectivity index (χ2n) is 14.2. The van der Waals surface area contributed by atoms with E-state index in [-0.39, 0.29) is 40.5 Å². The van der Waals surface area contributed by atoms with Crippen LogP contribution in [0.2, 0.25) is 0 Å². The first-order chi connectivity index (χ1) is 21.7. The molecular formula is C30H38N12O3. The lowest BCUT2D eigenvalue weighted by molar-refractivity contribution is -0.145. The molecule has 1 spiro atoms. The van der Waals surface area contributed by atoms with Gasteiger partial charge in [-0.25, -0.2) is 5.10 Å². The van der Waals surface area contributed by atoms with Crippen molar-refractivity contribution in [3.63, 3.8) is 0 Å². The average Bonchev–Trinajstić information content (AvgIpc) is 3.77. The predicted octanol–water partition coefficient (Wildman–Crippen LogP) is 2.41. The third kappa shape index (κ3) is 4.92. The molecule has 2 unspecified atom stereocenters. The van der Waals surface area contributed by atoms with E-state index in [1.54, 1.807) is 17.1 Å². The zero-order valence-electron chi connectivity index (χ0n) is 25.8. The Kier molecular flexibility index (Phi) is 6.43. The molecule has 2 saturated heterocycles. The van der Waals surface area contributed by atoms with E-state index >= 15 is 0 Å². The topological polar surface area (TPSA) is 170 Å². The van der Waals surface area contributed by atoms with Crippen LogP contribution in [0.5, 0.6) is 0 Å². The first-order valence-corrected chi connectivity index (χ1v) is 15.9. The van der Waals surface area contributed by atoms with Gasteiger partial charge in [-0.2, -0.15) is 15.2 Å². The van der Waals surface area contributed by atoms with Crippen molar-refractivity contribution in [3.05, 3.63) is 53.5 Å². The molecule has 4 aromatic heterocycles. The first-order valence-electron chi connectivity index (χ1n) is 15.9. The summed E-state index contributed by atoms with van der Waals surface area (Å²) in [6.07, 6.45) is 11.1. The fraction of sp³-hybridized carbons (Fsp3) is 0.633. The molecular weight excluding hydrogens is 576 g/mol. The number of aromatic amines is 1. The lowest BCUT2D eigenvalue weighted by Crippen LogP contribution is -2.62. The Morgan fingerprint density at radius 1 is 1.16 bits per heavy atom. The Balaban J connectivity index is 1.02. The van der Waals surface area contributed by atoms with Gasteiger partial charge < -0.3 is 14.3 Å². The van der Waals surface area contributed by atoms with Crippen LogP contribution in [0.3, 0.4) is 0 Å². The highest BCUT2D eigenvalue weighted by Crippen LogP contribution is 2.55. The zero-order valence-corrected chi connectivity index (χ0v) is 25.8. The normalized spacial score (nSPS) is 24.3. The second-order valence-corrected chi connectivity index (χ2v) is 14.2. The van der Waals surface area contributed by atoms with Crippen LogP contribution in [0.1, 0.15) is 104 Å². The SMILES string of the molecule is CC(c1nc(C2CN(C(=O)c3cnn(Cc4nnn[nH]4)c3)CC23CN(C(=O)[C@H]2CC2(C)C)C3)no1)n1ccc(C2CCCC2)n1. The largest absolute Gasteiger partial charge is 0.341 e. The van der Waals surface area contributed by atoms with E-state index in [4.69, 9.17) is 14.6 Å². The molecule has 45 heavy (non-hydrogen) atoms. The number of hydrogen-bond donors (Lipinski definition) is 1. The fourth-order valence-corrected chi connectivity index (χ4v) is 7.60. The molecule has 4 fully saturated rings. The molecule has 2 amide bonds. The highest BCUT2D eigenvalue weighted by atomic mass is 16.5. The summed E-state index contributed by atoms with van der Waals surface area (Å²) in [6.45, 7) is 8.66. The smallest absolute Gasteiger partial charge is 0.257 e. The molecule has 236 valence electrons. The molecule has 4 aliphatic rings. The monoisotopic (exact) mass is 614 g/mol. The van der Waals surface area contributed by atoms with Gasteiger partial charge in [-0.15, -0.1) is 5.10 Å². The van der Waals surface area contributed by atoms with Gasteiger partial charge in [0.05, 0.1) is 23.4 Å². The Morgan fingerprint density at radius 3 is 2.67 bits per heavy atom. The Morgan fingerprint density at radius 2 is 1.93 bits per heavy atom. The minimum Gasteiger partial charge on any atom is -0.341 e. The molecule has 15 heteroatoms. The molecule has 3 atom stereocenters. The molecule has 15 nitrogen and oxygen atoms in total. The van der Waals surface area contributed by atoms with Crippen LogP contribution in [0.15, 0.2) is 29.2 Å². The molecule has 8 rings (SSSR count). The van der Waals surface area contributed by atoms with E-state index in [1.807, 2.05) is 27.6 Å². The van der Waals surface area contributed by atoms with Crippen LogP contribution >= 0.6 is 0 Å². The third-order valence-electron chi connectivity index (χ3n) is 10.6. The van der Waals surface area contributed by atoms with Crippen LogP contribution in [-0.2, 0) is 11.3 Å². The van der Waals surface area contributed by atoms with Gasteiger partial charge in [0.2, 0.25) is 5.91 Å². The predicted molar refractivity (Wildman–Crippen MR) is 157 cm³/mol. The van der Waals surface area contributed by atoms with Crippen molar-refractivity contribution in [2.24, 2.45) is 16.7 Å². The first kappa shape index (κ1) is 28.1. The maximum Gasteiger partial charge on any atom is 0.257 e. The molecule has 0 aromatic carbocycles. The average molecular weight is 615 g/mol. The third-order valence-corrected chi connectivity index (χ3v) is 10.6. The molecule has 1 N–H and O–H groups in total. The Labute approximate surface area is 259 Å². The fourth-order valence-electron chi connectivity index (χ4n) is 7.60. The maximum atomic E-state index is 13.8. The number of H-pyrrole nitrogens is 1. The Bertz CT molecular complexity index is 1710. The van der Waals surface area contributed by atoms with Crippen molar-refractivity contribution in [2.75, 3.05) is 26.2 Å². The summed E-state index contributed by atoms with van der Waals surface area (Å²) in [6, 6.07) is 1.88. The summed E-state index contributed by atoms with van der Waals surface area (Å²) >= 11 is 0. The standard InChI is InChI=1S/C30H38N12O3/c1-18(42-9-8-23(35-42)19-6-4-5-7-19)26-32-25(36-45-26)22-13-39(15-30(22)16-40(17-30)28(44)21-10-29(21,2)3)27(43)20-11-31-41(12-20)14-24-33-37-38-34-24/h8-9,11-12,18-19,21-22H,4-7,10,13-17H2,1-3H3,(H,33,34,37,38)/t18?,21-,22?/m1/s1. The summed E-state index contributed by atoms with van der Waals surface area (Å²) in [5.41, 5.74) is 1.31. The lowest BCUT2D eigenvalue weighted by atomic mass is 9.71. The number of hydrogen-bond acceptors (Lipinski definition) is 10. The van der Waals surface area contributed by atoms with Crippen molar-refractivity contribution >= 4 is 11.8 Å². The molecule has 2 aliphatic carbocycles. The van der Waals surface area contributed by atoms with Gasteiger partial charge in [-0.1, -0.05) is 31.8 Å². The van der Waals surface area contributed by atoms with Crippen LogP contribution in [0, 0.1) is 16.7 Å². The van der Waals surface area contributed by atoms with Crippen molar-refractivity contribution in [2.45, 2.75) is 77.3 Å². The van der Waals surface area contributed by atoms with Crippen molar-refractivity contribution < 1.29 is 14.1 Å². The van der Waals surface area contributed by atoms with Gasteiger partial charge >= 0.3 is 0 Å². The highest BCUT2D eigenvalue weighted by Gasteiger charge is 2.61. The van der Waals surface area contributed by atoms with E-state index < -0.39 is 0 Å². The second kappa shape index (κ2) is 10.3. The van der Waals surface area contributed by atoms with Crippen LogP contribution in [0.4, 0.5) is 0 Å². The van der Waals surface area contributed by atoms with Crippen molar-refractivity contribution in [1.82, 2.24) is 60.1 Å². The number of nitrogens with one attached hydrogen (secondary N) is 1. The van der Waals surface area contributed by atoms with E-state index in [1.165, 1.54) is 25.7 Å². The number of nitrogens with zero attached hydrogens (tertiary/aromatic N) is 11. The molecule has 2 saturated carbocycles. The minimum atomic E-state index is -0.350. The zero-order chi connectivity index (χ0) is 30.9. The summed E-state index contributed by atoms with van der Waals surface area (Å²) in [7, 11) is 0. The minimum absolute atomic E-state index is 0.0572. The Hall–Kier alpha value is -4.43. The molecule has 0 bridgehead atoms. The molecule has 2 aliphatic heterocycles. The molecule has 6 heterocycles. The van der Waals surface area contributed by atoms with E-state index in [0.29, 0.717) is 61.7 Å². The quantitative estimate of drug-likeness (QED) is 0.311. The van der Waals surface area contributed by atoms with E-state index in [9.17, 15) is 9.59 Å². The van der Waals surface area contributed by atoms with Gasteiger partial charge in [-0.3, -0.25) is 19.0 Å². The lowest BCUT2D eigenvalue weighted by Gasteiger charge is -2.50. The number of tetrazole rings is 1. The number of aromatic nitrogens is 10. The number of amides is 2. The van der Waals surface area contributed by atoms with Crippen molar-refractivity contribution in [1.29, 1.82) is 0 Å². The highest BCUT2D eigenvalue weighted by molar-refractivity contribution is 5.94.